The lowest BCUT2D eigenvalue weighted by Crippen LogP contribution is -2.38. The van der Waals surface area contributed by atoms with E-state index in [2.05, 4.69) is 32.7 Å². The monoisotopic (exact) mass is 349 g/mol. The maximum atomic E-state index is 12.1. The third-order valence-corrected chi connectivity index (χ3v) is 7.57. The molecule has 3 nitrogen and oxygen atoms in total. The summed E-state index contributed by atoms with van der Waals surface area (Å²) in [6, 6.07) is 0.495. The minimum Gasteiger partial charge on any atom is -0.478 e. The molecule has 0 saturated heterocycles. The number of likely N-dealkylation sites (N-methyl/N-ethyl adjacent to an activating group) is 1. The number of hydrogen-bond donors (Lipinski definition) is 1. The molecule has 0 bridgehead atoms. The summed E-state index contributed by atoms with van der Waals surface area (Å²) in [6.45, 7) is 7.77. The van der Waals surface area contributed by atoms with Crippen LogP contribution in [0.2, 0.25) is 0 Å². The Balaban J connectivity index is 2.04. The van der Waals surface area contributed by atoms with Crippen molar-refractivity contribution in [2.75, 3.05) is 13.6 Å². The van der Waals surface area contributed by atoms with Crippen LogP contribution in [0.1, 0.15) is 84.5 Å². The van der Waals surface area contributed by atoms with Gasteiger partial charge in [-0.05, 0) is 56.7 Å². The highest BCUT2D eigenvalue weighted by atomic mass is 32.1. The van der Waals surface area contributed by atoms with Gasteiger partial charge < -0.3 is 10.0 Å². The Bertz CT molecular complexity index is 619. The Morgan fingerprint density at radius 3 is 2.71 bits per heavy atom. The first-order valence-electron chi connectivity index (χ1n) is 9.42. The number of hydrogen-bond acceptors (Lipinski definition) is 3. The minimum atomic E-state index is -0.705. The molecule has 0 amide bonds. The van der Waals surface area contributed by atoms with Gasteiger partial charge in [0.1, 0.15) is 0 Å². The first kappa shape index (κ1) is 17.9. The number of fused-ring (bicyclic) bond motifs is 1. The van der Waals surface area contributed by atoms with Crippen molar-refractivity contribution in [1.82, 2.24) is 4.90 Å². The largest absolute Gasteiger partial charge is 0.478 e. The lowest BCUT2D eigenvalue weighted by Gasteiger charge is -2.37. The van der Waals surface area contributed by atoms with Crippen molar-refractivity contribution in [2.45, 2.75) is 77.7 Å². The maximum absolute atomic E-state index is 12.1. The molecule has 1 saturated carbocycles. The van der Waals surface area contributed by atoms with E-state index in [1.54, 1.807) is 0 Å². The number of aryl methyl sites for hydroxylation is 1. The zero-order valence-electron chi connectivity index (χ0n) is 15.5. The van der Waals surface area contributed by atoms with Crippen molar-refractivity contribution < 1.29 is 9.90 Å². The first-order valence-corrected chi connectivity index (χ1v) is 10.2. The van der Waals surface area contributed by atoms with Gasteiger partial charge in [-0.2, -0.15) is 0 Å². The van der Waals surface area contributed by atoms with Gasteiger partial charge >= 0.3 is 5.97 Å². The fraction of sp³-hybridized carbons (Fsp3) is 0.750. The molecule has 4 heteroatoms. The fourth-order valence-electron chi connectivity index (χ4n) is 4.62. The molecule has 134 valence electrons. The summed E-state index contributed by atoms with van der Waals surface area (Å²) in [5, 5.41) is 9.99. The van der Waals surface area contributed by atoms with Crippen molar-refractivity contribution in [3.63, 3.8) is 0 Å². The Labute approximate surface area is 150 Å². The topological polar surface area (TPSA) is 40.5 Å². The molecular weight excluding hydrogens is 318 g/mol. The molecular formula is C20H31NO2S. The molecule has 2 aliphatic carbocycles. The van der Waals surface area contributed by atoms with Gasteiger partial charge in [-0.3, -0.25) is 0 Å². The molecule has 1 aromatic heterocycles. The quantitative estimate of drug-likeness (QED) is 0.837. The van der Waals surface area contributed by atoms with Gasteiger partial charge in [-0.25, -0.2) is 4.79 Å². The van der Waals surface area contributed by atoms with Gasteiger partial charge in [0.25, 0.3) is 0 Å². The Morgan fingerprint density at radius 2 is 2.04 bits per heavy atom. The molecule has 1 N–H and O–H groups in total. The summed E-state index contributed by atoms with van der Waals surface area (Å²) in [6.07, 6.45) is 7.97. The van der Waals surface area contributed by atoms with Crippen LogP contribution in [-0.4, -0.2) is 35.6 Å². The smallest absolute Gasteiger partial charge is 0.337 e. The molecule has 2 atom stereocenters. The second kappa shape index (κ2) is 6.80. The van der Waals surface area contributed by atoms with Gasteiger partial charge in [0.05, 0.1) is 5.56 Å². The molecule has 0 radical (unpaired) electrons. The van der Waals surface area contributed by atoms with Crippen molar-refractivity contribution >= 4 is 17.3 Å². The second-order valence-corrected chi connectivity index (χ2v) is 9.56. The van der Waals surface area contributed by atoms with Crippen molar-refractivity contribution in [2.24, 2.45) is 5.41 Å². The van der Waals surface area contributed by atoms with Crippen molar-refractivity contribution in [3.8, 4) is 0 Å². The molecule has 1 heterocycles. The average molecular weight is 350 g/mol. The molecule has 0 spiro atoms. The van der Waals surface area contributed by atoms with E-state index in [-0.39, 0.29) is 5.41 Å². The third-order valence-electron chi connectivity index (χ3n) is 6.15. The summed E-state index contributed by atoms with van der Waals surface area (Å²) < 4.78 is 0. The van der Waals surface area contributed by atoms with Gasteiger partial charge in [0.2, 0.25) is 0 Å². The van der Waals surface area contributed by atoms with Crippen LogP contribution in [0.15, 0.2) is 0 Å². The highest BCUT2D eigenvalue weighted by molar-refractivity contribution is 7.12. The number of rotatable bonds is 4. The lowest BCUT2D eigenvalue weighted by molar-refractivity contribution is 0.0692. The minimum absolute atomic E-state index is 0.224. The average Bonchev–Trinajstić information content (AvgIpc) is 2.91. The van der Waals surface area contributed by atoms with Crippen LogP contribution >= 0.6 is 11.3 Å². The van der Waals surface area contributed by atoms with Crippen LogP contribution in [0, 0.1) is 5.41 Å². The maximum Gasteiger partial charge on any atom is 0.337 e. The molecule has 0 aromatic carbocycles. The van der Waals surface area contributed by atoms with E-state index in [4.69, 9.17) is 0 Å². The molecule has 0 unspecified atom stereocenters. The Morgan fingerprint density at radius 1 is 1.33 bits per heavy atom. The summed E-state index contributed by atoms with van der Waals surface area (Å²) in [4.78, 5) is 17.1. The number of nitrogens with zero attached hydrogens (tertiary/aromatic N) is 1. The van der Waals surface area contributed by atoms with Crippen LogP contribution in [-0.2, 0) is 12.8 Å². The van der Waals surface area contributed by atoms with Gasteiger partial charge in [0, 0.05) is 21.7 Å². The number of carbonyl (C=O) groups is 1. The van der Waals surface area contributed by atoms with E-state index in [1.165, 1.54) is 35.4 Å². The second-order valence-electron chi connectivity index (χ2n) is 8.42. The molecule has 2 aliphatic rings. The number of thiophene rings is 1. The Kier molecular flexibility index (Phi) is 5.08. The van der Waals surface area contributed by atoms with Crippen LogP contribution in [0.5, 0.6) is 0 Å². The third kappa shape index (κ3) is 3.28. The summed E-state index contributed by atoms with van der Waals surface area (Å²) in [5.41, 5.74) is 2.05. The SMILES string of the molecule is CCN(C)[C@@H]1CCCC[C@@H]1c1sc2c(c1C(=O)O)CC(C)(C)CC2. The standard InChI is InChI=1S/C20H31NO2S/c1-5-21(4)15-9-7-6-8-13(15)18-17(19(22)23)14-12-20(2,3)11-10-16(14)24-18/h13,15H,5-12H2,1-4H3,(H,22,23)/t13-,15+/m0/s1. The van der Waals surface area contributed by atoms with Gasteiger partial charge in [0.15, 0.2) is 0 Å². The number of carboxylic acids is 1. The van der Waals surface area contributed by atoms with Crippen LogP contribution in [0.25, 0.3) is 0 Å². The van der Waals surface area contributed by atoms with E-state index in [9.17, 15) is 9.90 Å². The summed E-state index contributed by atoms with van der Waals surface area (Å²) >= 11 is 1.82. The van der Waals surface area contributed by atoms with Crippen molar-refractivity contribution in [1.29, 1.82) is 0 Å². The van der Waals surface area contributed by atoms with Gasteiger partial charge in [-0.1, -0.05) is 33.6 Å². The van der Waals surface area contributed by atoms with Crippen molar-refractivity contribution in [3.05, 3.63) is 20.9 Å². The van der Waals surface area contributed by atoms with Gasteiger partial charge in [-0.15, -0.1) is 11.3 Å². The number of carboxylic acid groups (broad SMARTS) is 1. The van der Waals surface area contributed by atoms with E-state index < -0.39 is 5.97 Å². The zero-order chi connectivity index (χ0) is 17.5. The highest BCUT2D eigenvalue weighted by Crippen LogP contribution is 2.47. The van der Waals surface area contributed by atoms with Crippen LogP contribution in [0.4, 0.5) is 0 Å². The zero-order valence-corrected chi connectivity index (χ0v) is 16.3. The van der Waals surface area contributed by atoms with E-state index in [0.29, 0.717) is 17.5 Å². The highest BCUT2D eigenvalue weighted by Gasteiger charge is 2.38. The predicted octanol–water partition coefficient (Wildman–Crippen LogP) is 4.94. The van der Waals surface area contributed by atoms with E-state index in [1.807, 2.05) is 11.3 Å². The molecule has 3 rings (SSSR count). The summed E-state index contributed by atoms with van der Waals surface area (Å²) in [5.74, 6) is -0.308. The predicted molar refractivity (Wildman–Crippen MR) is 100 cm³/mol. The van der Waals surface area contributed by atoms with E-state index >= 15 is 0 Å². The molecule has 1 fully saturated rings. The Hall–Kier alpha value is -0.870. The molecule has 1 aromatic rings. The first-order chi connectivity index (χ1) is 11.3. The summed E-state index contributed by atoms with van der Waals surface area (Å²) in [7, 11) is 2.19. The molecule has 0 aliphatic heterocycles. The van der Waals surface area contributed by atoms with Crippen LogP contribution < -0.4 is 0 Å². The fourth-order valence-corrected chi connectivity index (χ4v) is 6.12. The molecule has 24 heavy (non-hydrogen) atoms. The van der Waals surface area contributed by atoms with Crippen LogP contribution in [0.3, 0.4) is 0 Å². The lowest BCUT2D eigenvalue weighted by atomic mass is 9.75. The number of aromatic carboxylic acids is 1. The normalized spacial score (nSPS) is 26.4. The van der Waals surface area contributed by atoms with E-state index in [0.717, 1.165) is 31.4 Å².